The molecule has 3 aliphatic carbocycles. The van der Waals surface area contributed by atoms with E-state index in [0.29, 0.717) is 0 Å². The van der Waals surface area contributed by atoms with Crippen LogP contribution >= 0.6 is 11.3 Å². The molecule has 0 aliphatic heterocycles. The third-order valence-corrected chi connectivity index (χ3v) is 16.6. The van der Waals surface area contributed by atoms with Crippen molar-refractivity contribution in [2.75, 3.05) is 4.90 Å². The molecule has 1 atom stereocenters. The lowest BCUT2D eigenvalue weighted by atomic mass is 9.65. The van der Waals surface area contributed by atoms with Crippen LogP contribution in [0.15, 0.2) is 217 Å². The van der Waals surface area contributed by atoms with E-state index in [-0.39, 0.29) is 5.41 Å². The van der Waals surface area contributed by atoms with Crippen LogP contribution in [0.1, 0.15) is 47.2 Å². The Morgan fingerprint density at radius 1 is 0.358 bits per heavy atom. The van der Waals surface area contributed by atoms with Gasteiger partial charge in [0.25, 0.3) is 0 Å². The molecule has 2 heterocycles. The number of rotatable bonds is 3. The summed E-state index contributed by atoms with van der Waals surface area (Å²) in [5.41, 5.74) is 22.4. The van der Waals surface area contributed by atoms with Crippen molar-refractivity contribution in [1.29, 1.82) is 0 Å². The zero-order chi connectivity index (χ0) is 44.2. The molecule has 1 unspecified atom stereocenters. The van der Waals surface area contributed by atoms with Gasteiger partial charge in [-0.2, -0.15) is 0 Å². The predicted molar refractivity (Wildman–Crippen MR) is 281 cm³/mol. The van der Waals surface area contributed by atoms with Crippen molar-refractivity contribution in [2.24, 2.45) is 0 Å². The van der Waals surface area contributed by atoms with Crippen molar-refractivity contribution >= 4 is 70.5 Å². The Labute approximate surface area is 392 Å². The van der Waals surface area contributed by atoms with Crippen molar-refractivity contribution < 1.29 is 4.42 Å². The maximum absolute atomic E-state index is 6.64. The maximum Gasteiger partial charge on any atom is 0.137 e. The van der Waals surface area contributed by atoms with E-state index < -0.39 is 5.41 Å². The smallest absolute Gasteiger partial charge is 0.137 e. The fourth-order valence-corrected chi connectivity index (χ4v) is 13.8. The van der Waals surface area contributed by atoms with Gasteiger partial charge in [0.15, 0.2) is 0 Å². The number of benzene rings is 10. The Morgan fingerprint density at radius 3 is 1.61 bits per heavy atom. The van der Waals surface area contributed by atoms with Crippen molar-refractivity contribution in [3.63, 3.8) is 0 Å². The molecule has 314 valence electrons. The minimum absolute atomic E-state index is 0.178. The highest BCUT2D eigenvalue weighted by Gasteiger charge is 2.50. The average molecular weight is 872 g/mol. The number of furan rings is 1. The van der Waals surface area contributed by atoms with Crippen LogP contribution in [0.25, 0.3) is 86.6 Å². The average Bonchev–Trinajstić information content (AvgIpc) is 4.07. The van der Waals surface area contributed by atoms with Gasteiger partial charge in [-0.3, -0.25) is 0 Å². The number of anilines is 3. The molecular weight excluding hydrogens is 831 g/mol. The molecule has 15 rings (SSSR count). The lowest BCUT2D eigenvalue weighted by Gasteiger charge is -2.36. The van der Waals surface area contributed by atoms with Gasteiger partial charge in [0, 0.05) is 42.3 Å². The summed E-state index contributed by atoms with van der Waals surface area (Å²) in [6.45, 7) is 4.75. The Hall–Kier alpha value is -7.98. The monoisotopic (exact) mass is 871 g/mol. The molecule has 67 heavy (non-hydrogen) atoms. The summed E-state index contributed by atoms with van der Waals surface area (Å²) in [6, 6.07) is 79.9. The largest absolute Gasteiger partial charge is 0.456 e. The number of hydrogen-bond acceptors (Lipinski definition) is 3. The van der Waals surface area contributed by atoms with Gasteiger partial charge in [-0.15, -0.1) is 11.3 Å². The van der Waals surface area contributed by atoms with Gasteiger partial charge < -0.3 is 9.32 Å². The molecule has 12 aromatic rings. The van der Waals surface area contributed by atoms with Crippen molar-refractivity contribution in [2.45, 2.75) is 24.7 Å². The van der Waals surface area contributed by atoms with Crippen LogP contribution in [0.4, 0.5) is 17.1 Å². The van der Waals surface area contributed by atoms with Gasteiger partial charge in [0.1, 0.15) is 11.2 Å². The Bertz CT molecular complexity index is 4110. The van der Waals surface area contributed by atoms with E-state index in [1.807, 2.05) is 11.3 Å². The van der Waals surface area contributed by atoms with Gasteiger partial charge in [-0.25, -0.2) is 0 Å². The van der Waals surface area contributed by atoms with E-state index in [1.165, 1.54) is 98.1 Å². The summed E-state index contributed by atoms with van der Waals surface area (Å²) in [7, 11) is 0. The van der Waals surface area contributed by atoms with Crippen molar-refractivity contribution in [1.82, 2.24) is 0 Å². The third-order valence-electron chi connectivity index (χ3n) is 15.5. The summed E-state index contributed by atoms with van der Waals surface area (Å²) in [5, 5.41) is 4.84. The molecule has 1 spiro atoms. The quantitative estimate of drug-likeness (QED) is 0.176. The van der Waals surface area contributed by atoms with Gasteiger partial charge in [0.05, 0.1) is 16.5 Å². The Kier molecular flexibility index (Phi) is 7.41. The van der Waals surface area contributed by atoms with Crippen molar-refractivity contribution in [3.8, 4) is 44.5 Å². The van der Waals surface area contributed by atoms with Crippen LogP contribution in [0.5, 0.6) is 0 Å². The molecule has 0 amide bonds. The van der Waals surface area contributed by atoms with E-state index in [0.717, 1.165) is 39.0 Å². The molecule has 0 saturated carbocycles. The second-order valence-corrected chi connectivity index (χ2v) is 20.2. The number of hydrogen-bond donors (Lipinski definition) is 0. The van der Waals surface area contributed by atoms with Crippen molar-refractivity contribution in [3.05, 3.63) is 246 Å². The minimum atomic E-state index is -0.654. The van der Waals surface area contributed by atoms with E-state index in [9.17, 15) is 0 Å². The molecular formula is C64H41NOS. The van der Waals surface area contributed by atoms with Crippen LogP contribution in [-0.2, 0) is 10.8 Å². The predicted octanol–water partition coefficient (Wildman–Crippen LogP) is 17.7. The summed E-state index contributed by atoms with van der Waals surface area (Å²) in [6.07, 6.45) is 0. The molecule has 0 N–H and O–H groups in total. The first-order chi connectivity index (χ1) is 33.0. The van der Waals surface area contributed by atoms with Crippen LogP contribution in [0.2, 0.25) is 0 Å². The fraction of sp³-hybridized carbons (Fsp3) is 0.0625. The number of nitrogens with zero attached hydrogens (tertiary/aromatic N) is 1. The zero-order valence-corrected chi connectivity index (χ0v) is 37.8. The first-order valence-corrected chi connectivity index (χ1v) is 24.1. The number of para-hydroxylation sites is 1. The van der Waals surface area contributed by atoms with Crippen LogP contribution in [-0.4, -0.2) is 0 Å². The summed E-state index contributed by atoms with van der Waals surface area (Å²) in [5.74, 6) is 0. The van der Waals surface area contributed by atoms with Crippen LogP contribution in [0.3, 0.4) is 0 Å². The second-order valence-electron chi connectivity index (χ2n) is 19.1. The first-order valence-electron chi connectivity index (χ1n) is 23.3. The van der Waals surface area contributed by atoms with Gasteiger partial charge in [-0.1, -0.05) is 166 Å². The van der Waals surface area contributed by atoms with Crippen LogP contribution in [0, 0.1) is 0 Å². The third kappa shape index (κ3) is 4.84. The molecule has 0 fully saturated rings. The normalized spacial score (nSPS) is 15.8. The lowest BCUT2D eigenvalue weighted by Crippen LogP contribution is -2.29. The summed E-state index contributed by atoms with van der Waals surface area (Å²) >= 11 is 1.90. The van der Waals surface area contributed by atoms with Gasteiger partial charge >= 0.3 is 0 Å². The fourth-order valence-electron chi connectivity index (χ4n) is 12.6. The van der Waals surface area contributed by atoms with E-state index in [4.69, 9.17) is 4.42 Å². The molecule has 2 nitrogen and oxygen atoms in total. The molecule has 10 aromatic carbocycles. The highest BCUT2D eigenvalue weighted by molar-refractivity contribution is 7.25. The highest BCUT2D eigenvalue weighted by Crippen LogP contribution is 2.63. The first kappa shape index (κ1) is 37.3. The second kappa shape index (κ2) is 13.3. The van der Waals surface area contributed by atoms with Gasteiger partial charge in [0.2, 0.25) is 0 Å². The SMILES string of the molecule is CC1(C)c2ccccc2-c2ccc(N(c3ccc4c(c3)C3(c5ccccc5-c5ccccc5-4)c4ccccc4-c4cc5c(cc43)sc3ccccc35)c3cccc4oc5ccccc5c34)cc21. The molecule has 0 bridgehead atoms. The summed E-state index contributed by atoms with van der Waals surface area (Å²) in [4.78, 5) is 2.51. The Morgan fingerprint density at radius 2 is 0.881 bits per heavy atom. The maximum atomic E-state index is 6.64. The highest BCUT2D eigenvalue weighted by atomic mass is 32.1. The Balaban J connectivity index is 1.08. The lowest BCUT2D eigenvalue weighted by molar-refractivity contribution is 0.660. The van der Waals surface area contributed by atoms with Crippen LogP contribution < -0.4 is 4.90 Å². The molecule has 3 heteroatoms. The molecule has 0 saturated heterocycles. The van der Waals surface area contributed by atoms with Gasteiger partial charge in [-0.05, 0) is 139 Å². The number of fused-ring (bicyclic) bond motifs is 21. The minimum Gasteiger partial charge on any atom is -0.456 e. The van der Waals surface area contributed by atoms with E-state index in [2.05, 4.69) is 231 Å². The standard InChI is InChI=1S/C64H41NOS/c1-63(2)51-23-10-5-19-43(51)46-33-31-38(34-54(46)63)65(57-26-15-28-59-62(57)48-22-8-13-27-58(48)66-59)39-30-32-45-41-17-4-3-16-40(41)42-18-6-11-24-52(42)64(55(45)35-39)53-25-12-7-20-44(53)49-36-50-47-21-9-14-29-60(47)67-61(50)37-56(49)64/h3-37H,1-2H3. The topological polar surface area (TPSA) is 16.4 Å². The van der Waals surface area contributed by atoms with E-state index >= 15 is 0 Å². The molecule has 0 radical (unpaired) electrons. The van der Waals surface area contributed by atoms with E-state index in [1.54, 1.807) is 0 Å². The molecule has 2 aromatic heterocycles. The summed E-state index contributed by atoms with van der Waals surface area (Å²) < 4.78 is 9.26. The molecule has 3 aliphatic rings. The zero-order valence-electron chi connectivity index (χ0n) is 37.0. The number of thiophene rings is 1.